The van der Waals surface area contributed by atoms with Crippen molar-refractivity contribution in [1.82, 2.24) is 10.6 Å². The van der Waals surface area contributed by atoms with E-state index in [0.717, 1.165) is 25.1 Å². The van der Waals surface area contributed by atoms with Gasteiger partial charge in [0.2, 0.25) is 0 Å². The molecule has 1 heterocycles. The van der Waals surface area contributed by atoms with Gasteiger partial charge in [-0.3, -0.25) is 0 Å². The Labute approximate surface area is 108 Å². The Balaban J connectivity index is 1.75. The van der Waals surface area contributed by atoms with Crippen molar-refractivity contribution in [3.05, 3.63) is 35.9 Å². The Kier molecular flexibility index (Phi) is 4.59. The van der Waals surface area contributed by atoms with Gasteiger partial charge >= 0.3 is 6.09 Å². The van der Waals surface area contributed by atoms with Gasteiger partial charge in [-0.15, -0.1) is 0 Å². The second kappa shape index (κ2) is 6.40. The lowest BCUT2D eigenvalue weighted by Crippen LogP contribution is -2.50. The minimum atomic E-state index is -0.334. The third kappa shape index (κ3) is 3.74. The van der Waals surface area contributed by atoms with E-state index >= 15 is 0 Å². The lowest BCUT2D eigenvalue weighted by molar-refractivity contribution is 0.129. The van der Waals surface area contributed by atoms with Crippen molar-refractivity contribution >= 4 is 6.09 Å². The molecule has 0 saturated carbocycles. The van der Waals surface area contributed by atoms with Crippen LogP contribution in [0.1, 0.15) is 18.9 Å². The summed E-state index contributed by atoms with van der Waals surface area (Å²) in [4.78, 5) is 11.7. The first-order valence-electron chi connectivity index (χ1n) is 6.43. The zero-order chi connectivity index (χ0) is 12.8. The molecule has 4 nitrogen and oxygen atoms in total. The van der Waals surface area contributed by atoms with Gasteiger partial charge in [0.05, 0.1) is 0 Å². The van der Waals surface area contributed by atoms with E-state index < -0.39 is 0 Å². The minimum Gasteiger partial charge on any atom is -0.445 e. The van der Waals surface area contributed by atoms with Crippen molar-refractivity contribution in [3.8, 4) is 0 Å². The van der Waals surface area contributed by atoms with E-state index in [2.05, 4.69) is 17.6 Å². The number of nitrogens with one attached hydrogen (secondary N) is 2. The van der Waals surface area contributed by atoms with Crippen LogP contribution in [0.25, 0.3) is 0 Å². The van der Waals surface area contributed by atoms with Crippen molar-refractivity contribution in [1.29, 1.82) is 0 Å². The SMILES string of the molecule is C[C@@H]1CCNC[C@H]1NC(=O)OCc1ccccc1. The second-order valence-electron chi connectivity index (χ2n) is 4.78. The van der Waals surface area contributed by atoms with Crippen LogP contribution >= 0.6 is 0 Å². The summed E-state index contributed by atoms with van der Waals surface area (Å²) in [6.07, 6.45) is 0.753. The topological polar surface area (TPSA) is 50.4 Å². The molecule has 98 valence electrons. The Hall–Kier alpha value is -1.55. The van der Waals surface area contributed by atoms with Crippen LogP contribution in [0.5, 0.6) is 0 Å². The highest BCUT2D eigenvalue weighted by Gasteiger charge is 2.22. The van der Waals surface area contributed by atoms with E-state index in [-0.39, 0.29) is 12.1 Å². The van der Waals surface area contributed by atoms with Crippen LogP contribution in [0.4, 0.5) is 4.79 Å². The maximum atomic E-state index is 11.7. The van der Waals surface area contributed by atoms with E-state index in [9.17, 15) is 4.79 Å². The molecular weight excluding hydrogens is 228 g/mol. The van der Waals surface area contributed by atoms with E-state index in [4.69, 9.17) is 4.74 Å². The molecule has 1 saturated heterocycles. The monoisotopic (exact) mass is 248 g/mol. The fourth-order valence-electron chi connectivity index (χ4n) is 2.10. The number of hydrogen-bond donors (Lipinski definition) is 2. The van der Waals surface area contributed by atoms with Crippen molar-refractivity contribution in [2.75, 3.05) is 13.1 Å². The molecular formula is C14H20N2O2. The number of carbonyl (C=O) groups is 1. The van der Waals surface area contributed by atoms with Gasteiger partial charge in [0, 0.05) is 12.6 Å². The van der Waals surface area contributed by atoms with Gasteiger partial charge in [-0.25, -0.2) is 4.79 Å². The van der Waals surface area contributed by atoms with Crippen molar-refractivity contribution in [2.24, 2.45) is 5.92 Å². The molecule has 1 aromatic rings. The number of hydrogen-bond acceptors (Lipinski definition) is 3. The highest BCUT2D eigenvalue weighted by Crippen LogP contribution is 2.11. The summed E-state index contributed by atoms with van der Waals surface area (Å²) in [6, 6.07) is 9.87. The molecule has 1 aliphatic rings. The molecule has 1 amide bonds. The summed E-state index contributed by atoms with van der Waals surface area (Å²) in [5.41, 5.74) is 1.00. The summed E-state index contributed by atoms with van der Waals surface area (Å²) >= 11 is 0. The fourth-order valence-corrected chi connectivity index (χ4v) is 2.10. The molecule has 18 heavy (non-hydrogen) atoms. The van der Waals surface area contributed by atoms with Gasteiger partial charge in [0.15, 0.2) is 0 Å². The zero-order valence-electron chi connectivity index (χ0n) is 10.7. The normalized spacial score (nSPS) is 23.4. The van der Waals surface area contributed by atoms with Crippen LogP contribution in [-0.2, 0) is 11.3 Å². The Morgan fingerprint density at radius 3 is 2.94 bits per heavy atom. The Bertz CT molecular complexity index is 381. The smallest absolute Gasteiger partial charge is 0.407 e. The van der Waals surface area contributed by atoms with Gasteiger partial charge in [-0.05, 0) is 24.4 Å². The maximum absolute atomic E-state index is 11.7. The molecule has 1 aliphatic heterocycles. The molecule has 0 bridgehead atoms. The number of benzene rings is 1. The first-order chi connectivity index (χ1) is 8.75. The Morgan fingerprint density at radius 1 is 1.44 bits per heavy atom. The molecule has 2 atom stereocenters. The number of rotatable bonds is 3. The zero-order valence-corrected chi connectivity index (χ0v) is 10.7. The lowest BCUT2D eigenvalue weighted by Gasteiger charge is -2.29. The summed E-state index contributed by atoms with van der Waals surface area (Å²) in [7, 11) is 0. The average Bonchev–Trinajstić information content (AvgIpc) is 2.40. The highest BCUT2D eigenvalue weighted by molar-refractivity contribution is 5.67. The number of alkyl carbamates (subject to hydrolysis) is 1. The van der Waals surface area contributed by atoms with Gasteiger partial charge in [0.1, 0.15) is 6.61 Å². The predicted molar refractivity (Wildman–Crippen MR) is 70.2 cm³/mol. The standard InChI is InChI=1S/C14H20N2O2/c1-11-7-8-15-9-13(11)16-14(17)18-10-12-5-3-2-4-6-12/h2-6,11,13,15H,7-10H2,1H3,(H,16,17)/t11-,13-/m1/s1. The second-order valence-corrected chi connectivity index (χ2v) is 4.78. The van der Waals surface area contributed by atoms with Gasteiger partial charge in [0.25, 0.3) is 0 Å². The largest absolute Gasteiger partial charge is 0.445 e. The van der Waals surface area contributed by atoms with Crippen LogP contribution in [0.3, 0.4) is 0 Å². The van der Waals surface area contributed by atoms with Crippen molar-refractivity contribution < 1.29 is 9.53 Å². The average molecular weight is 248 g/mol. The molecule has 1 fully saturated rings. The van der Waals surface area contributed by atoms with Crippen LogP contribution in [0.2, 0.25) is 0 Å². The third-order valence-electron chi connectivity index (χ3n) is 3.34. The maximum Gasteiger partial charge on any atom is 0.407 e. The molecule has 2 N–H and O–H groups in total. The van der Waals surface area contributed by atoms with E-state index in [0.29, 0.717) is 12.5 Å². The minimum absolute atomic E-state index is 0.169. The summed E-state index contributed by atoms with van der Waals surface area (Å²) in [5, 5.41) is 6.19. The molecule has 2 rings (SSSR count). The first kappa shape index (κ1) is 12.9. The fraction of sp³-hybridized carbons (Fsp3) is 0.500. The Morgan fingerprint density at radius 2 is 2.22 bits per heavy atom. The van der Waals surface area contributed by atoms with E-state index in [1.54, 1.807) is 0 Å². The molecule has 1 aromatic carbocycles. The molecule has 0 aliphatic carbocycles. The van der Waals surface area contributed by atoms with E-state index in [1.165, 1.54) is 0 Å². The number of ether oxygens (including phenoxy) is 1. The number of piperidine rings is 1. The molecule has 0 aromatic heterocycles. The van der Waals surface area contributed by atoms with Crippen LogP contribution in [0.15, 0.2) is 30.3 Å². The van der Waals surface area contributed by atoms with Gasteiger partial charge in [-0.1, -0.05) is 37.3 Å². The summed E-state index contributed by atoms with van der Waals surface area (Å²) in [5.74, 6) is 0.496. The summed E-state index contributed by atoms with van der Waals surface area (Å²) in [6.45, 7) is 4.32. The lowest BCUT2D eigenvalue weighted by atomic mass is 9.95. The van der Waals surface area contributed by atoms with Gasteiger partial charge in [-0.2, -0.15) is 0 Å². The molecule has 4 heteroatoms. The molecule has 0 spiro atoms. The third-order valence-corrected chi connectivity index (χ3v) is 3.34. The number of carbonyl (C=O) groups excluding carboxylic acids is 1. The van der Waals surface area contributed by atoms with Crippen molar-refractivity contribution in [3.63, 3.8) is 0 Å². The molecule has 0 unspecified atom stereocenters. The first-order valence-corrected chi connectivity index (χ1v) is 6.43. The van der Waals surface area contributed by atoms with Crippen LogP contribution in [-0.4, -0.2) is 25.2 Å². The molecule has 0 radical (unpaired) electrons. The highest BCUT2D eigenvalue weighted by atomic mass is 16.5. The quantitative estimate of drug-likeness (QED) is 0.859. The number of amides is 1. The van der Waals surface area contributed by atoms with Gasteiger partial charge < -0.3 is 15.4 Å². The summed E-state index contributed by atoms with van der Waals surface area (Å²) < 4.78 is 5.20. The van der Waals surface area contributed by atoms with Crippen LogP contribution < -0.4 is 10.6 Å². The van der Waals surface area contributed by atoms with Crippen molar-refractivity contribution in [2.45, 2.75) is 26.0 Å². The van der Waals surface area contributed by atoms with Crippen LogP contribution in [0, 0.1) is 5.92 Å². The predicted octanol–water partition coefficient (Wildman–Crippen LogP) is 1.91. The van der Waals surface area contributed by atoms with E-state index in [1.807, 2.05) is 30.3 Å².